The van der Waals surface area contributed by atoms with Gasteiger partial charge in [0.2, 0.25) is 11.8 Å². The number of nitrogens with zero attached hydrogens (tertiary/aromatic N) is 7. The molecule has 2 aromatic heterocycles. The van der Waals surface area contributed by atoms with Crippen LogP contribution in [0.3, 0.4) is 0 Å². The zero-order valence-corrected chi connectivity index (χ0v) is 26.5. The highest BCUT2D eigenvalue weighted by Crippen LogP contribution is 2.31. The maximum atomic E-state index is 13.8. The molecule has 3 N–H and O–H groups in total. The number of benzene rings is 2. The van der Waals surface area contributed by atoms with Gasteiger partial charge in [0, 0.05) is 68.7 Å². The highest BCUT2D eigenvalue weighted by Gasteiger charge is 2.33. The number of rotatable bonds is 9. The number of hydrogen-bond acceptors (Lipinski definition) is 6. The number of carbonyl (C=O) groups is 2. The molecule has 0 radical (unpaired) electrons. The zero-order valence-electron chi connectivity index (χ0n) is 26.5. The van der Waals surface area contributed by atoms with Gasteiger partial charge in [0.05, 0.1) is 30.5 Å². The van der Waals surface area contributed by atoms with E-state index < -0.39 is 0 Å². The number of nitrogens with one attached hydrogen (secondary N) is 3. The number of amides is 2. The first-order chi connectivity index (χ1) is 22.3. The van der Waals surface area contributed by atoms with E-state index in [0.717, 1.165) is 58.4 Å². The van der Waals surface area contributed by atoms with Crippen LogP contribution in [0.5, 0.6) is 0 Å². The number of likely N-dealkylation sites (tertiary alicyclic amines) is 1. The van der Waals surface area contributed by atoms with Gasteiger partial charge >= 0.3 is 0 Å². The number of anilines is 1. The van der Waals surface area contributed by atoms with E-state index in [0.29, 0.717) is 32.7 Å². The van der Waals surface area contributed by atoms with Crippen molar-refractivity contribution in [1.29, 1.82) is 5.41 Å². The predicted octanol–water partition coefficient (Wildman–Crippen LogP) is 3.53. The lowest BCUT2D eigenvalue weighted by Gasteiger charge is -2.29. The topological polar surface area (TPSA) is 139 Å². The molecule has 0 spiro atoms. The van der Waals surface area contributed by atoms with Crippen molar-refractivity contribution in [3.05, 3.63) is 72.1 Å². The molecule has 0 aliphatic carbocycles. The maximum absolute atomic E-state index is 13.8. The first-order valence-electron chi connectivity index (χ1n) is 15.7. The van der Waals surface area contributed by atoms with Crippen LogP contribution in [-0.4, -0.2) is 100 Å². The molecule has 1 unspecified atom stereocenters. The Morgan fingerprint density at radius 3 is 2.70 bits per heavy atom. The van der Waals surface area contributed by atoms with Crippen LogP contribution in [0.4, 0.5) is 5.69 Å². The highest BCUT2D eigenvalue weighted by molar-refractivity contribution is 6.01. The number of carbonyl (C=O) groups excluding carboxylic acids is 2. The summed E-state index contributed by atoms with van der Waals surface area (Å²) in [5.41, 5.74) is 6.52. The molecule has 12 nitrogen and oxygen atoms in total. The summed E-state index contributed by atoms with van der Waals surface area (Å²) in [5, 5.41) is 23.7. The van der Waals surface area contributed by atoms with Crippen molar-refractivity contribution in [2.24, 2.45) is 18.0 Å². The smallest absolute Gasteiger partial charge is 0.237 e. The number of H-pyrrole nitrogens is 1. The van der Waals surface area contributed by atoms with Crippen molar-refractivity contribution in [2.45, 2.75) is 19.8 Å². The number of aromatic amines is 1. The summed E-state index contributed by atoms with van der Waals surface area (Å²) in [6.45, 7) is 5.38. The predicted molar refractivity (Wildman–Crippen MR) is 181 cm³/mol. The van der Waals surface area contributed by atoms with E-state index >= 15 is 0 Å². The number of aryl methyl sites for hydroxylation is 1. The Labute approximate surface area is 268 Å². The fourth-order valence-electron chi connectivity index (χ4n) is 6.29. The molecule has 1 atom stereocenters. The number of hydrogen-bond donors (Lipinski definition) is 3. The Morgan fingerprint density at radius 2 is 2.00 bits per heavy atom. The second-order valence-electron chi connectivity index (χ2n) is 11.8. The average molecular weight is 621 g/mol. The maximum Gasteiger partial charge on any atom is 0.237 e. The lowest BCUT2D eigenvalue weighted by atomic mass is 9.98. The van der Waals surface area contributed by atoms with Crippen molar-refractivity contribution < 1.29 is 9.59 Å². The SMILES string of the molecule is CCN(C(=O)C1CCN(CC(=O)N2CC=C(c3ccc(C(=N)/N=C\NC)cc3)CC2)C1)c1ccc2[nH]nc(-c3cnn(C)c3)c2c1. The molecule has 238 valence electrons. The van der Waals surface area contributed by atoms with Crippen LogP contribution in [0.2, 0.25) is 0 Å². The third-order valence-electron chi connectivity index (χ3n) is 8.81. The molecule has 46 heavy (non-hydrogen) atoms. The van der Waals surface area contributed by atoms with Crippen molar-refractivity contribution in [2.75, 3.05) is 51.2 Å². The van der Waals surface area contributed by atoms with Gasteiger partial charge < -0.3 is 15.1 Å². The van der Waals surface area contributed by atoms with Gasteiger partial charge in [-0.15, -0.1) is 0 Å². The second-order valence-corrected chi connectivity index (χ2v) is 11.8. The minimum atomic E-state index is -0.160. The lowest BCUT2D eigenvalue weighted by molar-refractivity contribution is -0.132. The van der Waals surface area contributed by atoms with Crippen LogP contribution in [0.25, 0.3) is 27.7 Å². The quantitative estimate of drug-likeness (QED) is 0.193. The number of fused-ring (bicyclic) bond motifs is 1. The van der Waals surface area contributed by atoms with Crippen LogP contribution in [-0.2, 0) is 16.6 Å². The van der Waals surface area contributed by atoms with Crippen LogP contribution in [0.1, 0.15) is 30.9 Å². The fraction of sp³-hybridized carbons (Fsp3) is 0.353. The first kappa shape index (κ1) is 30.9. The van der Waals surface area contributed by atoms with Crippen LogP contribution >= 0.6 is 0 Å². The molecular weight excluding hydrogens is 580 g/mol. The fourth-order valence-corrected chi connectivity index (χ4v) is 6.29. The van der Waals surface area contributed by atoms with Crippen molar-refractivity contribution in [1.82, 2.24) is 35.1 Å². The largest absolute Gasteiger partial charge is 0.379 e. The molecular formula is C34H40N10O2. The molecule has 2 aromatic carbocycles. The van der Waals surface area contributed by atoms with Gasteiger partial charge in [-0.05, 0) is 55.6 Å². The van der Waals surface area contributed by atoms with Gasteiger partial charge in [-0.1, -0.05) is 30.3 Å². The van der Waals surface area contributed by atoms with Crippen LogP contribution < -0.4 is 10.2 Å². The van der Waals surface area contributed by atoms with Crippen molar-refractivity contribution in [3.8, 4) is 11.3 Å². The molecule has 1 fully saturated rings. The molecule has 4 heterocycles. The summed E-state index contributed by atoms with van der Waals surface area (Å²) >= 11 is 0. The molecule has 0 saturated carbocycles. The Bertz CT molecular complexity index is 1800. The summed E-state index contributed by atoms with van der Waals surface area (Å²) in [4.78, 5) is 36.9. The van der Waals surface area contributed by atoms with E-state index in [-0.39, 0.29) is 23.6 Å². The van der Waals surface area contributed by atoms with E-state index in [4.69, 9.17) is 5.41 Å². The van der Waals surface area contributed by atoms with E-state index in [1.165, 1.54) is 11.9 Å². The van der Waals surface area contributed by atoms with E-state index in [9.17, 15) is 9.59 Å². The third-order valence-corrected chi connectivity index (χ3v) is 8.81. The first-order valence-corrected chi connectivity index (χ1v) is 15.7. The summed E-state index contributed by atoms with van der Waals surface area (Å²) in [6, 6.07) is 13.8. The summed E-state index contributed by atoms with van der Waals surface area (Å²) in [6.07, 6.45) is 8.83. The van der Waals surface area contributed by atoms with Gasteiger partial charge in [-0.25, -0.2) is 4.99 Å². The average Bonchev–Trinajstić information content (AvgIpc) is 3.84. The molecule has 2 amide bonds. The van der Waals surface area contributed by atoms with E-state index in [2.05, 4.69) is 36.6 Å². The highest BCUT2D eigenvalue weighted by atomic mass is 16.2. The lowest BCUT2D eigenvalue weighted by Crippen LogP contribution is -2.42. The van der Waals surface area contributed by atoms with Crippen LogP contribution in [0.15, 0.2) is 65.9 Å². The molecule has 4 aromatic rings. The molecule has 12 heteroatoms. The number of amidine groups is 1. The standard InChI is InChI=1S/C34H40N10O2/c1-4-44(28-9-10-30-29(17-28)32(40-39-30)27-18-38-41(3)19-27)34(46)26-11-14-42(20-26)21-31(45)43-15-12-24(13-16-43)23-5-7-25(8-6-23)33(35)37-22-36-2/h5-10,12,17-19,22,26H,4,11,13-16,20-21H2,1-3H3,(H,39,40)(H2,35,36,37). The molecule has 2 aliphatic rings. The Kier molecular flexibility index (Phi) is 9.06. The Morgan fingerprint density at radius 1 is 1.17 bits per heavy atom. The van der Waals surface area contributed by atoms with Gasteiger partial charge in [0.15, 0.2) is 5.84 Å². The second kappa shape index (κ2) is 13.5. The molecule has 1 saturated heterocycles. The number of aliphatic imine (C=N–C) groups is 1. The molecule has 0 bridgehead atoms. The Balaban J connectivity index is 1.04. The summed E-state index contributed by atoms with van der Waals surface area (Å²) < 4.78 is 1.75. The van der Waals surface area contributed by atoms with Crippen molar-refractivity contribution in [3.63, 3.8) is 0 Å². The summed E-state index contributed by atoms with van der Waals surface area (Å²) in [5.74, 6) is 0.223. The zero-order chi connectivity index (χ0) is 32.2. The van der Waals surface area contributed by atoms with E-state index in [1.807, 2.05) is 72.4 Å². The van der Waals surface area contributed by atoms with E-state index in [1.54, 1.807) is 17.9 Å². The van der Waals surface area contributed by atoms with Crippen LogP contribution in [0, 0.1) is 11.3 Å². The molecule has 6 rings (SSSR count). The van der Waals surface area contributed by atoms with Gasteiger partial charge in [0.1, 0.15) is 5.69 Å². The Hall–Kier alpha value is -5.10. The third kappa shape index (κ3) is 6.47. The van der Waals surface area contributed by atoms with Gasteiger partial charge in [-0.3, -0.25) is 29.7 Å². The monoisotopic (exact) mass is 620 g/mol. The summed E-state index contributed by atoms with van der Waals surface area (Å²) in [7, 11) is 3.62. The number of aromatic nitrogens is 4. The van der Waals surface area contributed by atoms with Gasteiger partial charge in [-0.2, -0.15) is 10.2 Å². The minimum absolute atomic E-state index is 0.0868. The van der Waals surface area contributed by atoms with Gasteiger partial charge in [0.25, 0.3) is 0 Å². The normalized spacial score (nSPS) is 17.1. The minimum Gasteiger partial charge on any atom is -0.379 e. The molecule has 2 aliphatic heterocycles. The van der Waals surface area contributed by atoms with Crippen molar-refractivity contribution >= 4 is 46.2 Å².